The van der Waals surface area contributed by atoms with Gasteiger partial charge in [0.15, 0.2) is 0 Å². The topological polar surface area (TPSA) is 49.7 Å². The number of aliphatic hydroxyl groups is 1. The van der Waals surface area contributed by atoms with E-state index in [9.17, 15) is 4.79 Å². The van der Waals surface area contributed by atoms with Gasteiger partial charge in [-0.15, -0.1) is 0 Å². The predicted molar refractivity (Wildman–Crippen MR) is 40.4 cm³/mol. The zero-order valence-electron chi connectivity index (χ0n) is 6.21. The molecular formula is C7H13NO2. The fourth-order valence-electron chi connectivity index (χ4n) is 0.460. The van der Waals surface area contributed by atoms with Gasteiger partial charge in [0.05, 0.1) is 13.2 Å². The highest BCUT2D eigenvalue weighted by Crippen LogP contribution is 1.84. The molecule has 0 fully saturated rings. The van der Waals surface area contributed by atoms with Gasteiger partial charge < -0.3 is 5.11 Å². The van der Waals surface area contributed by atoms with Crippen molar-refractivity contribution in [1.82, 2.24) is 0 Å². The second kappa shape index (κ2) is 6.42. The molecule has 0 aliphatic heterocycles. The van der Waals surface area contributed by atoms with Crippen LogP contribution >= 0.6 is 0 Å². The highest BCUT2D eigenvalue weighted by Gasteiger charge is 1.91. The van der Waals surface area contributed by atoms with Crippen LogP contribution in [0.4, 0.5) is 0 Å². The molecule has 3 heteroatoms. The number of nitrogens with zero attached hydrogens (tertiary/aromatic N) is 1. The minimum absolute atomic E-state index is 0.0524. The van der Waals surface area contributed by atoms with Gasteiger partial charge in [0.25, 0.3) is 0 Å². The van der Waals surface area contributed by atoms with E-state index >= 15 is 0 Å². The van der Waals surface area contributed by atoms with Gasteiger partial charge in [-0.2, -0.15) is 0 Å². The van der Waals surface area contributed by atoms with Crippen molar-refractivity contribution >= 4 is 12.0 Å². The SMILES string of the molecule is CCC(=O)CC=NCCO. The Labute approximate surface area is 60.8 Å². The summed E-state index contributed by atoms with van der Waals surface area (Å²) < 4.78 is 0. The number of aliphatic hydroxyl groups excluding tert-OH is 1. The van der Waals surface area contributed by atoms with Crippen molar-refractivity contribution in [1.29, 1.82) is 0 Å². The zero-order valence-corrected chi connectivity index (χ0v) is 6.21. The van der Waals surface area contributed by atoms with Crippen molar-refractivity contribution in [3.63, 3.8) is 0 Å². The first-order chi connectivity index (χ1) is 4.81. The number of ketones is 1. The number of Topliss-reactive ketones (excluding diaryl/α,β-unsaturated/α-hetero) is 1. The normalized spacial score (nSPS) is 10.6. The Morgan fingerprint density at radius 3 is 2.90 bits per heavy atom. The zero-order chi connectivity index (χ0) is 7.82. The Bertz CT molecular complexity index is 121. The van der Waals surface area contributed by atoms with Gasteiger partial charge in [0, 0.05) is 19.1 Å². The summed E-state index contributed by atoms with van der Waals surface area (Å²) >= 11 is 0. The minimum atomic E-state index is 0.0524. The van der Waals surface area contributed by atoms with E-state index < -0.39 is 0 Å². The summed E-state index contributed by atoms with van der Waals surface area (Å²) in [4.78, 5) is 14.4. The van der Waals surface area contributed by atoms with E-state index in [0.717, 1.165) is 0 Å². The van der Waals surface area contributed by atoms with Crippen LogP contribution in [0.5, 0.6) is 0 Å². The van der Waals surface area contributed by atoms with Crippen LogP contribution < -0.4 is 0 Å². The summed E-state index contributed by atoms with van der Waals surface area (Å²) in [6, 6.07) is 0. The summed E-state index contributed by atoms with van der Waals surface area (Å²) in [5, 5.41) is 8.29. The summed E-state index contributed by atoms with van der Waals surface area (Å²) in [6.45, 7) is 2.27. The highest BCUT2D eigenvalue weighted by molar-refractivity contribution is 5.91. The van der Waals surface area contributed by atoms with E-state index in [1.165, 1.54) is 0 Å². The van der Waals surface area contributed by atoms with Gasteiger partial charge >= 0.3 is 0 Å². The average Bonchev–Trinajstić information content (AvgIpc) is 1.98. The standard InChI is InChI=1S/C7H13NO2/c1-2-7(10)3-4-8-5-6-9/h4,9H,2-3,5-6H2,1H3. The van der Waals surface area contributed by atoms with E-state index in [1.807, 2.05) is 6.92 Å². The Morgan fingerprint density at radius 1 is 1.70 bits per heavy atom. The number of carbonyl (C=O) groups excluding carboxylic acids is 1. The molecule has 1 N–H and O–H groups in total. The van der Waals surface area contributed by atoms with Crippen LogP contribution in [0.3, 0.4) is 0 Å². The summed E-state index contributed by atoms with van der Waals surface area (Å²) in [7, 11) is 0. The quantitative estimate of drug-likeness (QED) is 0.567. The molecule has 0 atom stereocenters. The molecule has 0 spiro atoms. The molecule has 0 rings (SSSR count). The van der Waals surface area contributed by atoms with E-state index in [-0.39, 0.29) is 12.4 Å². The van der Waals surface area contributed by atoms with E-state index in [4.69, 9.17) is 5.11 Å². The fraction of sp³-hybridized carbons (Fsp3) is 0.714. The molecule has 0 saturated heterocycles. The molecule has 0 bridgehead atoms. The monoisotopic (exact) mass is 143 g/mol. The van der Waals surface area contributed by atoms with Crippen molar-refractivity contribution in [3.05, 3.63) is 0 Å². The molecular weight excluding hydrogens is 130 g/mol. The van der Waals surface area contributed by atoms with Crippen LogP contribution in [0.25, 0.3) is 0 Å². The van der Waals surface area contributed by atoms with Crippen molar-refractivity contribution < 1.29 is 9.90 Å². The van der Waals surface area contributed by atoms with Crippen molar-refractivity contribution in [2.75, 3.05) is 13.2 Å². The molecule has 0 aliphatic rings. The van der Waals surface area contributed by atoms with Gasteiger partial charge in [0.2, 0.25) is 0 Å². The average molecular weight is 143 g/mol. The van der Waals surface area contributed by atoms with Gasteiger partial charge in [-0.3, -0.25) is 9.79 Å². The lowest BCUT2D eigenvalue weighted by Gasteiger charge is -1.87. The van der Waals surface area contributed by atoms with E-state index in [1.54, 1.807) is 6.21 Å². The maximum atomic E-state index is 10.6. The van der Waals surface area contributed by atoms with Crippen molar-refractivity contribution in [2.24, 2.45) is 4.99 Å². The van der Waals surface area contributed by atoms with Crippen LogP contribution in [-0.4, -0.2) is 30.3 Å². The Kier molecular flexibility index (Phi) is 5.97. The third-order valence-corrected chi connectivity index (χ3v) is 1.07. The first kappa shape index (κ1) is 9.30. The molecule has 58 valence electrons. The molecule has 0 aromatic rings. The number of aliphatic imine (C=N–C) groups is 1. The molecule has 0 unspecified atom stereocenters. The molecule has 10 heavy (non-hydrogen) atoms. The number of carbonyl (C=O) groups is 1. The molecule has 0 radical (unpaired) electrons. The molecule has 0 aromatic heterocycles. The molecule has 0 heterocycles. The largest absolute Gasteiger partial charge is 0.394 e. The lowest BCUT2D eigenvalue weighted by molar-refractivity contribution is -0.117. The van der Waals surface area contributed by atoms with Crippen LogP contribution in [0.1, 0.15) is 19.8 Å². The van der Waals surface area contributed by atoms with Crippen LogP contribution in [-0.2, 0) is 4.79 Å². The van der Waals surface area contributed by atoms with Gasteiger partial charge in [-0.25, -0.2) is 0 Å². The van der Waals surface area contributed by atoms with Gasteiger partial charge in [-0.05, 0) is 0 Å². The Morgan fingerprint density at radius 2 is 2.40 bits per heavy atom. The smallest absolute Gasteiger partial charge is 0.137 e. The third kappa shape index (κ3) is 5.44. The van der Waals surface area contributed by atoms with Crippen LogP contribution in [0, 0.1) is 0 Å². The highest BCUT2D eigenvalue weighted by atomic mass is 16.3. The second-order valence-electron chi connectivity index (χ2n) is 1.91. The molecule has 0 aliphatic carbocycles. The maximum absolute atomic E-state index is 10.6. The molecule has 0 aromatic carbocycles. The number of hydrogen-bond donors (Lipinski definition) is 1. The number of rotatable bonds is 5. The van der Waals surface area contributed by atoms with Crippen LogP contribution in [0.15, 0.2) is 4.99 Å². The summed E-state index contributed by atoms with van der Waals surface area (Å²) in [5.41, 5.74) is 0. The molecule has 0 amide bonds. The summed E-state index contributed by atoms with van der Waals surface area (Å²) in [6.07, 6.45) is 2.52. The molecule has 3 nitrogen and oxygen atoms in total. The number of hydrogen-bond acceptors (Lipinski definition) is 3. The van der Waals surface area contributed by atoms with Crippen molar-refractivity contribution in [3.8, 4) is 0 Å². The summed E-state index contributed by atoms with van der Waals surface area (Å²) in [5.74, 6) is 0.182. The van der Waals surface area contributed by atoms with Gasteiger partial charge in [-0.1, -0.05) is 6.92 Å². The second-order valence-corrected chi connectivity index (χ2v) is 1.91. The van der Waals surface area contributed by atoms with E-state index in [2.05, 4.69) is 4.99 Å². The Balaban J connectivity index is 3.25. The molecule has 0 saturated carbocycles. The predicted octanol–water partition coefficient (Wildman–Crippen LogP) is 0.419. The lowest BCUT2D eigenvalue weighted by Crippen LogP contribution is -1.96. The maximum Gasteiger partial charge on any atom is 0.137 e. The van der Waals surface area contributed by atoms with Crippen LogP contribution in [0.2, 0.25) is 0 Å². The lowest BCUT2D eigenvalue weighted by atomic mass is 10.2. The van der Waals surface area contributed by atoms with E-state index in [0.29, 0.717) is 19.4 Å². The van der Waals surface area contributed by atoms with Gasteiger partial charge in [0.1, 0.15) is 5.78 Å². The first-order valence-corrected chi connectivity index (χ1v) is 3.42. The minimum Gasteiger partial charge on any atom is -0.394 e. The van der Waals surface area contributed by atoms with Crippen molar-refractivity contribution in [2.45, 2.75) is 19.8 Å². The first-order valence-electron chi connectivity index (χ1n) is 3.42. The third-order valence-electron chi connectivity index (χ3n) is 1.07. The fourth-order valence-corrected chi connectivity index (χ4v) is 0.460. The Hall–Kier alpha value is -0.700.